The minimum Gasteiger partial charge on any atom is -0.487 e. The van der Waals surface area contributed by atoms with Gasteiger partial charge in [0.1, 0.15) is 16.9 Å². The highest BCUT2D eigenvalue weighted by atomic mass is 35.5. The molecule has 8 nitrogen and oxygen atoms in total. The summed E-state index contributed by atoms with van der Waals surface area (Å²) >= 11 is 6.07. The molecule has 27 heavy (non-hydrogen) atoms. The highest BCUT2D eigenvalue weighted by Gasteiger charge is 2.31. The number of piperidine rings is 1. The van der Waals surface area contributed by atoms with Crippen molar-refractivity contribution in [2.45, 2.75) is 23.8 Å². The van der Waals surface area contributed by atoms with Crippen LogP contribution < -0.4 is 10.5 Å². The third-order valence-corrected chi connectivity index (χ3v) is 6.54. The molecule has 142 valence electrons. The number of pyridine rings is 1. The number of aromatic nitrogens is 2. The van der Waals surface area contributed by atoms with Gasteiger partial charge in [-0.15, -0.1) is 0 Å². The van der Waals surface area contributed by atoms with Crippen molar-refractivity contribution in [1.82, 2.24) is 14.3 Å². The number of oxazole rings is 1. The van der Waals surface area contributed by atoms with Crippen LogP contribution in [0.1, 0.15) is 12.8 Å². The van der Waals surface area contributed by atoms with Crippen molar-refractivity contribution in [3.8, 4) is 5.75 Å². The fourth-order valence-electron chi connectivity index (χ4n) is 3.10. The van der Waals surface area contributed by atoms with Crippen LogP contribution >= 0.6 is 11.6 Å². The van der Waals surface area contributed by atoms with Gasteiger partial charge in [0.15, 0.2) is 5.58 Å². The van der Waals surface area contributed by atoms with Crippen LogP contribution in [0.2, 0.25) is 5.02 Å². The molecule has 1 aliphatic heterocycles. The molecule has 1 aliphatic rings. The molecular formula is C17H16ClN3O5S. The van der Waals surface area contributed by atoms with Gasteiger partial charge in [0, 0.05) is 25.0 Å². The first-order valence-electron chi connectivity index (χ1n) is 8.33. The monoisotopic (exact) mass is 409 g/mol. The van der Waals surface area contributed by atoms with E-state index in [2.05, 4.69) is 9.97 Å². The Kier molecular flexibility index (Phi) is 4.67. The first kappa shape index (κ1) is 18.0. The second-order valence-electron chi connectivity index (χ2n) is 6.22. The van der Waals surface area contributed by atoms with Crippen molar-refractivity contribution >= 4 is 32.7 Å². The standard InChI is InChI=1S/C17H16ClN3O5S/c18-13-9-19-6-5-15(13)25-11-2-1-7-21(10-11)27(23,24)12-3-4-16-14(8-12)20-17(22)26-16/h3-6,8-9,11H,1-2,7,10H2,(H,20,22). The van der Waals surface area contributed by atoms with Gasteiger partial charge in [-0.25, -0.2) is 13.2 Å². The lowest BCUT2D eigenvalue weighted by atomic mass is 10.1. The topological polar surface area (TPSA) is 106 Å². The molecule has 4 rings (SSSR count). The molecular weight excluding hydrogens is 394 g/mol. The Morgan fingerprint density at radius 3 is 3.00 bits per heavy atom. The van der Waals surface area contributed by atoms with Gasteiger partial charge in [0.05, 0.1) is 17.0 Å². The number of H-pyrrole nitrogens is 1. The van der Waals surface area contributed by atoms with E-state index in [9.17, 15) is 13.2 Å². The number of rotatable bonds is 4. The normalized spacial score (nSPS) is 18.6. The van der Waals surface area contributed by atoms with Crippen LogP contribution in [0.25, 0.3) is 11.1 Å². The lowest BCUT2D eigenvalue weighted by molar-refractivity contribution is 0.130. The van der Waals surface area contributed by atoms with Crippen LogP contribution in [0, 0.1) is 0 Å². The summed E-state index contributed by atoms with van der Waals surface area (Å²) in [6.45, 7) is 0.604. The van der Waals surface area contributed by atoms with Crippen molar-refractivity contribution < 1.29 is 17.6 Å². The second kappa shape index (κ2) is 6.99. The molecule has 3 aromatic rings. The zero-order chi connectivity index (χ0) is 19.0. The van der Waals surface area contributed by atoms with Crippen LogP contribution in [0.4, 0.5) is 0 Å². The van der Waals surface area contributed by atoms with Crippen LogP contribution in [0.5, 0.6) is 5.75 Å². The molecule has 1 atom stereocenters. The zero-order valence-electron chi connectivity index (χ0n) is 14.1. The minimum absolute atomic E-state index is 0.0923. The molecule has 1 saturated heterocycles. The summed E-state index contributed by atoms with van der Waals surface area (Å²) in [4.78, 5) is 17.8. The highest BCUT2D eigenvalue weighted by molar-refractivity contribution is 7.89. The predicted molar refractivity (Wildman–Crippen MR) is 98.5 cm³/mol. The quantitative estimate of drug-likeness (QED) is 0.709. The molecule has 0 radical (unpaired) electrons. The van der Waals surface area contributed by atoms with E-state index in [0.29, 0.717) is 34.8 Å². The lowest BCUT2D eigenvalue weighted by Gasteiger charge is -2.32. The summed E-state index contributed by atoms with van der Waals surface area (Å²) < 4.78 is 38.2. The molecule has 0 amide bonds. The van der Waals surface area contributed by atoms with Crippen molar-refractivity contribution in [3.05, 3.63) is 52.2 Å². The largest absolute Gasteiger partial charge is 0.487 e. The first-order chi connectivity index (χ1) is 12.9. The summed E-state index contributed by atoms with van der Waals surface area (Å²) in [6.07, 6.45) is 4.12. The molecule has 3 heterocycles. The van der Waals surface area contributed by atoms with Gasteiger partial charge < -0.3 is 9.15 Å². The van der Waals surface area contributed by atoms with Gasteiger partial charge in [0.25, 0.3) is 0 Å². The number of aromatic amines is 1. The van der Waals surface area contributed by atoms with Crippen LogP contribution in [0.3, 0.4) is 0 Å². The van der Waals surface area contributed by atoms with E-state index in [1.165, 1.54) is 28.7 Å². The summed E-state index contributed by atoms with van der Waals surface area (Å²) in [5, 5.41) is 0.381. The van der Waals surface area contributed by atoms with E-state index in [-0.39, 0.29) is 17.5 Å². The average Bonchev–Trinajstić information content (AvgIpc) is 3.03. The number of hydrogen-bond acceptors (Lipinski definition) is 6. The summed E-state index contributed by atoms with van der Waals surface area (Å²) in [6, 6.07) is 5.95. The van der Waals surface area contributed by atoms with Gasteiger partial charge in [0.2, 0.25) is 10.0 Å². The number of benzene rings is 1. The predicted octanol–water partition coefficient (Wildman–Crippen LogP) is 2.40. The van der Waals surface area contributed by atoms with E-state index in [1.807, 2.05) is 0 Å². The molecule has 1 unspecified atom stereocenters. The number of sulfonamides is 1. The summed E-state index contributed by atoms with van der Waals surface area (Å²) in [5.41, 5.74) is 0.653. The Morgan fingerprint density at radius 2 is 2.19 bits per heavy atom. The number of hydrogen-bond donors (Lipinski definition) is 1. The van der Waals surface area contributed by atoms with Crippen LogP contribution in [-0.2, 0) is 10.0 Å². The van der Waals surface area contributed by atoms with Crippen molar-refractivity contribution in [3.63, 3.8) is 0 Å². The first-order valence-corrected chi connectivity index (χ1v) is 10.1. The van der Waals surface area contributed by atoms with E-state index in [1.54, 1.807) is 12.3 Å². The maximum Gasteiger partial charge on any atom is 0.417 e. The zero-order valence-corrected chi connectivity index (χ0v) is 15.7. The molecule has 10 heteroatoms. The second-order valence-corrected chi connectivity index (χ2v) is 8.57. The third kappa shape index (κ3) is 3.58. The summed E-state index contributed by atoms with van der Waals surface area (Å²) in [7, 11) is -3.74. The SMILES string of the molecule is O=c1[nH]c2cc(S(=O)(=O)N3CCCC(Oc4ccncc4Cl)C3)ccc2o1. The Bertz CT molecular complexity index is 1140. The number of ether oxygens (including phenoxy) is 1. The average molecular weight is 410 g/mol. The molecule has 1 N–H and O–H groups in total. The Hall–Kier alpha value is -2.36. The van der Waals surface area contributed by atoms with Crippen molar-refractivity contribution in [2.24, 2.45) is 0 Å². The maximum atomic E-state index is 13.0. The Balaban J connectivity index is 1.57. The van der Waals surface area contributed by atoms with Gasteiger partial charge in [-0.3, -0.25) is 9.97 Å². The van der Waals surface area contributed by atoms with Crippen molar-refractivity contribution in [2.75, 3.05) is 13.1 Å². The lowest BCUT2D eigenvalue weighted by Crippen LogP contribution is -2.44. The number of halogens is 1. The van der Waals surface area contributed by atoms with E-state index < -0.39 is 15.8 Å². The third-order valence-electron chi connectivity index (χ3n) is 4.40. The molecule has 0 saturated carbocycles. The smallest absolute Gasteiger partial charge is 0.417 e. The van der Waals surface area contributed by atoms with Crippen LogP contribution in [-0.4, -0.2) is 41.9 Å². The summed E-state index contributed by atoms with van der Waals surface area (Å²) in [5.74, 6) is -0.145. The molecule has 0 aliphatic carbocycles. The van der Waals surface area contributed by atoms with E-state index in [0.717, 1.165) is 6.42 Å². The number of fused-ring (bicyclic) bond motifs is 1. The number of nitrogens with one attached hydrogen (secondary N) is 1. The van der Waals surface area contributed by atoms with Crippen LogP contribution in [0.15, 0.2) is 50.8 Å². The molecule has 2 aromatic heterocycles. The maximum absolute atomic E-state index is 13.0. The van der Waals surface area contributed by atoms with Gasteiger partial charge in [-0.05, 0) is 31.0 Å². The molecule has 0 spiro atoms. The van der Waals surface area contributed by atoms with E-state index >= 15 is 0 Å². The molecule has 1 aromatic carbocycles. The van der Waals surface area contributed by atoms with Gasteiger partial charge in [-0.1, -0.05) is 11.6 Å². The Labute approximate surface area is 159 Å². The molecule has 1 fully saturated rings. The minimum atomic E-state index is -3.74. The fraction of sp³-hybridized carbons (Fsp3) is 0.294. The fourth-order valence-corrected chi connectivity index (χ4v) is 4.80. The van der Waals surface area contributed by atoms with Gasteiger partial charge in [-0.2, -0.15) is 4.31 Å². The molecule has 0 bridgehead atoms. The van der Waals surface area contributed by atoms with Crippen molar-refractivity contribution in [1.29, 1.82) is 0 Å². The van der Waals surface area contributed by atoms with E-state index in [4.69, 9.17) is 20.8 Å². The Morgan fingerprint density at radius 1 is 1.33 bits per heavy atom. The number of nitrogens with zero attached hydrogens (tertiary/aromatic N) is 2. The highest BCUT2D eigenvalue weighted by Crippen LogP contribution is 2.28. The van der Waals surface area contributed by atoms with Gasteiger partial charge >= 0.3 is 5.76 Å².